The molecule has 1 unspecified atom stereocenters. The second kappa shape index (κ2) is 8.52. The van der Waals surface area contributed by atoms with Gasteiger partial charge in [0.2, 0.25) is 0 Å². The number of carbonyl (C=O) groups is 1. The Morgan fingerprint density at radius 2 is 2.07 bits per heavy atom. The molecular formula is C22H32N4O2. The summed E-state index contributed by atoms with van der Waals surface area (Å²) in [6.45, 7) is 5.86. The van der Waals surface area contributed by atoms with E-state index in [0.29, 0.717) is 18.3 Å². The minimum Gasteiger partial charge on any atom is -0.472 e. The molecule has 0 aromatic carbocycles. The molecule has 2 aromatic heterocycles. The summed E-state index contributed by atoms with van der Waals surface area (Å²) in [6, 6.07) is 2.45. The molecule has 152 valence electrons. The highest BCUT2D eigenvalue weighted by Gasteiger charge is 2.32. The van der Waals surface area contributed by atoms with Crippen LogP contribution in [0.1, 0.15) is 66.3 Å². The van der Waals surface area contributed by atoms with Gasteiger partial charge in [0.15, 0.2) is 5.69 Å². The van der Waals surface area contributed by atoms with E-state index in [1.807, 2.05) is 17.8 Å². The molecule has 6 nitrogen and oxygen atoms in total. The maximum atomic E-state index is 13.2. The van der Waals surface area contributed by atoms with Crippen molar-refractivity contribution in [2.45, 2.75) is 71.0 Å². The summed E-state index contributed by atoms with van der Waals surface area (Å²) in [5.41, 5.74) is 4.12. The molecule has 1 saturated heterocycles. The van der Waals surface area contributed by atoms with E-state index in [9.17, 15) is 4.79 Å². The van der Waals surface area contributed by atoms with Gasteiger partial charge in [-0.15, -0.1) is 0 Å². The lowest BCUT2D eigenvalue weighted by atomic mass is 9.90. The molecule has 1 amide bonds. The van der Waals surface area contributed by atoms with Crippen molar-refractivity contribution < 1.29 is 9.21 Å². The molecule has 4 rings (SSSR count). The number of fused-ring (bicyclic) bond motifs is 1. The third-order valence-electron chi connectivity index (χ3n) is 6.33. The Bertz CT molecular complexity index is 788. The Labute approximate surface area is 167 Å². The molecule has 3 heterocycles. The quantitative estimate of drug-likeness (QED) is 0.792. The van der Waals surface area contributed by atoms with E-state index < -0.39 is 0 Å². The standard InChI is InChI=1S/C22H32N4O2/c1-3-26-20-9-8-18(25-11-6-4-5-7-12-25)14-19(20)21(23-26)22(27)24(2)15-17-10-13-28-16-17/h10,13,16,18H,3-9,11-12,14-15H2,1-2H3. The number of amides is 1. The van der Waals surface area contributed by atoms with Gasteiger partial charge in [-0.25, -0.2) is 0 Å². The summed E-state index contributed by atoms with van der Waals surface area (Å²) < 4.78 is 7.19. The topological polar surface area (TPSA) is 54.5 Å². The van der Waals surface area contributed by atoms with Crippen molar-refractivity contribution in [2.75, 3.05) is 20.1 Å². The molecule has 0 saturated carbocycles. The monoisotopic (exact) mass is 384 g/mol. The molecule has 1 aliphatic heterocycles. The first-order valence-electron chi connectivity index (χ1n) is 10.8. The number of furan rings is 1. The van der Waals surface area contributed by atoms with Gasteiger partial charge < -0.3 is 14.2 Å². The highest BCUT2D eigenvalue weighted by atomic mass is 16.3. The third kappa shape index (κ3) is 3.88. The van der Waals surface area contributed by atoms with Gasteiger partial charge >= 0.3 is 0 Å². The first-order chi connectivity index (χ1) is 13.7. The highest BCUT2D eigenvalue weighted by molar-refractivity contribution is 5.94. The minimum atomic E-state index is 0.0150. The van der Waals surface area contributed by atoms with Crippen molar-refractivity contribution in [3.8, 4) is 0 Å². The van der Waals surface area contributed by atoms with E-state index >= 15 is 0 Å². The number of carbonyl (C=O) groups excluding carboxylic acids is 1. The van der Waals surface area contributed by atoms with Crippen molar-refractivity contribution in [1.82, 2.24) is 19.6 Å². The number of hydrogen-bond donors (Lipinski definition) is 0. The first-order valence-corrected chi connectivity index (χ1v) is 10.8. The van der Waals surface area contributed by atoms with Gasteiger partial charge in [-0.3, -0.25) is 9.48 Å². The minimum absolute atomic E-state index is 0.0150. The molecule has 2 aromatic rings. The predicted molar refractivity (Wildman–Crippen MR) is 108 cm³/mol. The smallest absolute Gasteiger partial charge is 0.274 e. The van der Waals surface area contributed by atoms with Gasteiger partial charge in [-0.2, -0.15) is 5.10 Å². The fourth-order valence-corrected chi connectivity index (χ4v) is 4.78. The van der Waals surface area contributed by atoms with Crippen LogP contribution < -0.4 is 0 Å². The van der Waals surface area contributed by atoms with Gasteiger partial charge in [-0.1, -0.05) is 12.8 Å². The fourth-order valence-electron chi connectivity index (χ4n) is 4.78. The van der Waals surface area contributed by atoms with Crippen LogP contribution in [0.4, 0.5) is 0 Å². The van der Waals surface area contributed by atoms with Gasteiger partial charge in [0.05, 0.1) is 12.5 Å². The Kier molecular flexibility index (Phi) is 5.85. The second-order valence-electron chi connectivity index (χ2n) is 8.23. The number of aromatic nitrogens is 2. The van der Waals surface area contributed by atoms with Crippen LogP contribution in [0, 0.1) is 0 Å². The molecule has 28 heavy (non-hydrogen) atoms. The highest BCUT2D eigenvalue weighted by Crippen LogP contribution is 2.29. The molecule has 0 N–H and O–H groups in total. The van der Waals surface area contributed by atoms with Gasteiger partial charge in [0.1, 0.15) is 0 Å². The molecule has 0 bridgehead atoms. The molecule has 1 atom stereocenters. The van der Waals surface area contributed by atoms with Crippen LogP contribution in [0.3, 0.4) is 0 Å². The van der Waals surface area contributed by atoms with E-state index in [-0.39, 0.29) is 5.91 Å². The zero-order chi connectivity index (χ0) is 19.5. The van der Waals surface area contributed by atoms with Crippen LogP contribution in [0.5, 0.6) is 0 Å². The van der Waals surface area contributed by atoms with E-state index in [0.717, 1.165) is 24.9 Å². The average Bonchev–Trinajstić information content (AvgIpc) is 3.26. The van der Waals surface area contributed by atoms with Crippen LogP contribution >= 0.6 is 0 Å². The molecular weight excluding hydrogens is 352 g/mol. The SMILES string of the molecule is CCn1nc(C(=O)N(C)Cc2ccoc2)c2c1CCC(N1CCCCCC1)C2. The summed E-state index contributed by atoms with van der Waals surface area (Å²) in [5.74, 6) is 0.0150. The van der Waals surface area contributed by atoms with Crippen molar-refractivity contribution >= 4 is 5.91 Å². The van der Waals surface area contributed by atoms with Crippen LogP contribution in [0.15, 0.2) is 23.0 Å². The Morgan fingerprint density at radius 1 is 1.29 bits per heavy atom. The van der Waals surface area contributed by atoms with Crippen molar-refractivity contribution in [2.24, 2.45) is 0 Å². The number of nitrogens with zero attached hydrogens (tertiary/aromatic N) is 4. The van der Waals surface area contributed by atoms with Gasteiger partial charge in [0.25, 0.3) is 5.91 Å². The molecule has 1 aliphatic carbocycles. The fraction of sp³-hybridized carbons (Fsp3) is 0.636. The van der Waals surface area contributed by atoms with Gasteiger partial charge in [-0.05, 0) is 58.2 Å². The lowest BCUT2D eigenvalue weighted by Gasteiger charge is -2.34. The van der Waals surface area contributed by atoms with Crippen molar-refractivity contribution in [1.29, 1.82) is 0 Å². The molecule has 2 aliphatic rings. The van der Waals surface area contributed by atoms with Crippen molar-refractivity contribution in [3.05, 3.63) is 41.1 Å². The molecule has 1 fully saturated rings. The first kappa shape index (κ1) is 19.2. The van der Waals surface area contributed by atoms with Gasteiger partial charge in [0, 0.05) is 43.0 Å². The second-order valence-corrected chi connectivity index (χ2v) is 8.23. The normalized spacial score (nSPS) is 20.6. The Hall–Kier alpha value is -2.08. The predicted octanol–water partition coefficient (Wildman–Crippen LogP) is 3.50. The maximum absolute atomic E-state index is 13.2. The van der Waals surface area contributed by atoms with E-state index in [1.165, 1.54) is 56.5 Å². The third-order valence-corrected chi connectivity index (χ3v) is 6.33. The number of rotatable bonds is 5. The summed E-state index contributed by atoms with van der Waals surface area (Å²) in [5, 5.41) is 4.74. The lowest BCUT2D eigenvalue weighted by molar-refractivity contribution is 0.0776. The van der Waals surface area contributed by atoms with Crippen LogP contribution in [0.2, 0.25) is 0 Å². The van der Waals surface area contributed by atoms with E-state index in [1.54, 1.807) is 17.4 Å². The number of hydrogen-bond acceptors (Lipinski definition) is 4. The van der Waals surface area contributed by atoms with Crippen LogP contribution in [0.25, 0.3) is 0 Å². The zero-order valence-electron chi connectivity index (χ0n) is 17.2. The van der Waals surface area contributed by atoms with Crippen LogP contribution in [-0.2, 0) is 25.9 Å². The Balaban J connectivity index is 1.55. The summed E-state index contributed by atoms with van der Waals surface area (Å²) in [6.07, 6.45) is 11.8. The molecule has 0 radical (unpaired) electrons. The lowest BCUT2D eigenvalue weighted by Crippen LogP contribution is -2.40. The van der Waals surface area contributed by atoms with Crippen LogP contribution in [-0.4, -0.2) is 51.7 Å². The molecule has 6 heteroatoms. The van der Waals surface area contributed by atoms with E-state index in [2.05, 4.69) is 11.8 Å². The Morgan fingerprint density at radius 3 is 2.75 bits per heavy atom. The molecule has 0 spiro atoms. The summed E-state index contributed by atoms with van der Waals surface area (Å²) in [4.78, 5) is 17.6. The summed E-state index contributed by atoms with van der Waals surface area (Å²) in [7, 11) is 1.85. The number of aryl methyl sites for hydroxylation is 1. The van der Waals surface area contributed by atoms with Crippen molar-refractivity contribution in [3.63, 3.8) is 0 Å². The number of likely N-dealkylation sites (tertiary alicyclic amines) is 1. The summed E-state index contributed by atoms with van der Waals surface area (Å²) >= 11 is 0. The maximum Gasteiger partial charge on any atom is 0.274 e. The average molecular weight is 385 g/mol. The van der Waals surface area contributed by atoms with E-state index in [4.69, 9.17) is 9.52 Å². The zero-order valence-corrected chi connectivity index (χ0v) is 17.2. The largest absolute Gasteiger partial charge is 0.472 e.